The van der Waals surface area contributed by atoms with E-state index in [9.17, 15) is 0 Å². The Morgan fingerprint density at radius 2 is 1.82 bits per heavy atom. The topological polar surface area (TPSA) is 20.2 Å². The lowest BCUT2D eigenvalue weighted by atomic mass is 10.1. The zero-order chi connectivity index (χ0) is 9.28. The third-order valence-corrected chi connectivity index (χ3v) is 0.713. The molecule has 66 valence electrons. The van der Waals surface area contributed by atoms with Crippen molar-refractivity contribution in [1.82, 2.24) is 0 Å². The summed E-state index contributed by atoms with van der Waals surface area (Å²) in [7, 11) is 0. The highest BCUT2D eigenvalue weighted by molar-refractivity contribution is 4.78. The Labute approximate surface area is 70.4 Å². The highest BCUT2D eigenvalue weighted by atomic mass is 16.2. The van der Waals surface area contributed by atoms with E-state index in [0.29, 0.717) is 5.92 Å². The van der Waals surface area contributed by atoms with Crippen LogP contribution in [0.1, 0.15) is 34.1 Å². The first kappa shape index (κ1) is 12.9. The first-order valence-electron chi connectivity index (χ1n) is 3.92. The minimum atomic E-state index is 0.656. The van der Waals surface area contributed by atoms with Gasteiger partial charge in [-0.3, -0.25) is 0 Å². The van der Waals surface area contributed by atoms with E-state index in [2.05, 4.69) is 20.4 Å². The van der Waals surface area contributed by atoms with Gasteiger partial charge in [0.25, 0.3) is 0 Å². The molecule has 0 aliphatic carbocycles. The number of aliphatic hydroxyl groups excluding tert-OH is 1. The molecule has 0 unspecified atom stereocenters. The predicted molar refractivity (Wildman–Crippen MR) is 51.7 cm³/mol. The van der Waals surface area contributed by atoms with Gasteiger partial charge in [-0.1, -0.05) is 19.4 Å². The second kappa shape index (κ2) is 9.28. The maximum atomic E-state index is 8.13. The molecule has 0 aliphatic heterocycles. The Balaban J connectivity index is 0. The second-order valence-electron chi connectivity index (χ2n) is 3.22. The van der Waals surface area contributed by atoms with Gasteiger partial charge in [0.2, 0.25) is 0 Å². The van der Waals surface area contributed by atoms with E-state index in [1.807, 2.05) is 13.8 Å². The summed E-state index contributed by atoms with van der Waals surface area (Å²) in [5.74, 6) is 0.656. The minimum absolute atomic E-state index is 0.656. The van der Waals surface area contributed by atoms with Crippen molar-refractivity contribution in [2.75, 3.05) is 0 Å². The molecule has 0 bridgehead atoms. The maximum absolute atomic E-state index is 8.13. The summed E-state index contributed by atoms with van der Waals surface area (Å²) >= 11 is 0. The molecule has 0 aromatic rings. The van der Waals surface area contributed by atoms with Crippen LogP contribution in [0, 0.1) is 5.92 Å². The van der Waals surface area contributed by atoms with Crippen molar-refractivity contribution in [1.29, 1.82) is 0 Å². The Hall–Kier alpha value is -0.720. The minimum Gasteiger partial charge on any atom is -0.516 e. The summed E-state index contributed by atoms with van der Waals surface area (Å²) in [5.41, 5.74) is 1.17. The molecule has 0 spiro atoms. The SMILES string of the molecule is C=C(C)C.CC(C)CC=CO. The molecule has 0 saturated carbocycles. The predicted octanol–water partition coefficient (Wildman–Crippen LogP) is 3.69. The van der Waals surface area contributed by atoms with Crippen LogP contribution < -0.4 is 0 Å². The van der Waals surface area contributed by atoms with Crippen molar-refractivity contribution < 1.29 is 5.11 Å². The van der Waals surface area contributed by atoms with E-state index in [1.165, 1.54) is 5.57 Å². The van der Waals surface area contributed by atoms with E-state index < -0.39 is 0 Å². The average Bonchev–Trinajstić information content (AvgIpc) is 1.82. The molecule has 1 heteroatoms. The normalized spacial score (nSPS) is 9.55. The number of aliphatic hydroxyl groups is 1. The standard InChI is InChI=1S/C6H12O.C4H8/c1-6(2)4-3-5-7;1-4(2)3/h3,5-7H,4H2,1-2H3;1H2,2-3H3. The van der Waals surface area contributed by atoms with E-state index in [4.69, 9.17) is 5.11 Å². The van der Waals surface area contributed by atoms with Crippen LogP contribution in [-0.4, -0.2) is 5.11 Å². The fourth-order valence-corrected chi connectivity index (χ4v) is 0.333. The quantitative estimate of drug-likeness (QED) is 0.477. The lowest BCUT2D eigenvalue weighted by Crippen LogP contribution is -1.80. The fourth-order valence-electron chi connectivity index (χ4n) is 0.333. The van der Waals surface area contributed by atoms with Crippen molar-refractivity contribution >= 4 is 0 Å². The summed E-state index contributed by atoms with van der Waals surface area (Å²) in [5, 5.41) is 8.13. The monoisotopic (exact) mass is 156 g/mol. The smallest absolute Gasteiger partial charge is 0.0751 e. The van der Waals surface area contributed by atoms with E-state index in [0.717, 1.165) is 12.7 Å². The Morgan fingerprint density at radius 1 is 1.45 bits per heavy atom. The van der Waals surface area contributed by atoms with Crippen molar-refractivity contribution in [3.05, 3.63) is 24.5 Å². The Morgan fingerprint density at radius 3 is 1.91 bits per heavy atom. The van der Waals surface area contributed by atoms with Gasteiger partial charge in [0.1, 0.15) is 0 Å². The van der Waals surface area contributed by atoms with Crippen molar-refractivity contribution in [2.24, 2.45) is 5.92 Å². The maximum Gasteiger partial charge on any atom is 0.0751 e. The highest BCUT2D eigenvalue weighted by Gasteiger charge is 1.84. The molecule has 0 aromatic carbocycles. The van der Waals surface area contributed by atoms with Gasteiger partial charge in [0, 0.05) is 0 Å². The van der Waals surface area contributed by atoms with E-state index in [1.54, 1.807) is 6.08 Å². The molecule has 0 radical (unpaired) electrons. The van der Waals surface area contributed by atoms with E-state index in [-0.39, 0.29) is 0 Å². The van der Waals surface area contributed by atoms with Gasteiger partial charge >= 0.3 is 0 Å². The van der Waals surface area contributed by atoms with Crippen LogP contribution in [0.5, 0.6) is 0 Å². The molecular formula is C10H20O. The van der Waals surface area contributed by atoms with Gasteiger partial charge in [0.15, 0.2) is 0 Å². The first-order chi connectivity index (χ1) is 5.00. The first-order valence-corrected chi connectivity index (χ1v) is 3.92. The molecule has 1 nitrogen and oxygen atoms in total. The molecule has 0 atom stereocenters. The molecule has 0 aliphatic rings. The zero-order valence-corrected chi connectivity index (χ0v) is 8.09. The van der Waals surface area contributed by atoms with Gasteiger partial charge in [0.05, 0.1) is 6.26 Å². The van der Waals surface area contributed by atoms with Gasteiger partial charge in [-0.2, -0.15) is 0 Å². The van der Waals surface area contributed by atoms with Crippen LogP contribution >= 0.6 is 0 Å². The fraction of sp³-hybridized carbons (Fsp3) is 0.600. The Bertz CT molecular complexity index is 108. The molecular weight excluding hydrogens is 136 g/mol. The van der Waals surface area contributed by atoms with Crippen LogP contribution in [0.2, 0.25) is 0 Å². The lowest BCUT2D eigenvalue weighted by molar-refractivity contribution is 0.467. The second-order valence-corrected chi connectivity index (χ2v) is 3.22. The third-order valence-electron chi connectivity index (χ3n) is 0.713. The average molecular weight is 156 g/mol. The highest BCUT2D eigenvalue weighted by Crippen LogP contribution is 1.97. The van der Waals surface area contributed by atoms with Crippen LogP contribution in [0.25, 0.3) is 0 Å². The molecule has 0 amide bonds. The van der Waals surface area contributed by atoms with Crippen LogP contribution in [0.3, 0.4) is 0 Å². The van der Waals surface area contributed by atoms with Crippen molar-refractivity contribution in [3.63, 3.8) is 0 Å². The van der Waals surface area contributed by atoms with Crippen molar-refractivity contribution in [3.8, 4) is 0 Å². The molecule has 11 heavy (non-hydrogen) atoms. The van der Waals surface area contributed by atoms with Crippen LogP contribution in [-0.2, 0) is 0 Å². The molecule has 0 aromatic heterocycles. The Kier molecular flexibility index (Phi) is 10.9. The number of hydrogen-bond donors (Lipinski definition) is 1. The number of hydrogen-bond acceptors (Lipinski definition) is 1. The number of allylic oxidation sites excluding steroid dienone is 2. The molecule has 0 saturated heterocycles. The molecule has 0 fully saturated rings. The molecule has 0 heterocycles. The summed E-state index contributed by atoms with van der Waals surface area (Å²) in [4.78, 5) is 0. The third kappa shape index (κ3) is 45.7. The number of rotatable bonds is 2. The van der Waals surface area contributed by atoms with Crippen molar-refractivity contribution in [2.45, 2.75) is 34.1 Å². The lowest BCUT2D eigenvalue weighted by Gasteiger charge is -1.93. The molecule has 0 rings (SSSR count). The van der Waals surface area contributed by atoms with Gasteiger partial charge < -0.3 is 5.11 Å². The van der Waals surface area contributed by atoms with E-state index >= 15 is 0 Å². The van der Waals surface area contributed by atoms with Gasteiger partial charge in [-0.15, -0.1) is 6.58 Å². The summed E-state index contributed by atoms with van der Waals surface area (Å²) in [6.07, 6.45) is 3.82. The molecule has 1 N–H and O–H groups in total. The summed E-state index contributed by atoms with van der Waals surface area (Å²) in [6.45, 7) is 11.7. The van der Waals surface area contributed by atoms with Gasteiger partial charge in [-0.25, -0.2) is 0 Å². The zero-order valence-electron chi connectivity index (χ0n) is 8.09. The largest absolute Gasteiger partial charge is 0.516 e. The van der Waals surface area contributed by atoms with Gasteiger partial charge in [-0.05, 0) is 32.3 Å². The summed E-state index contributed by atoms with van der Waals surface area (Å²) in [6, 6.07) is 0. The van der Waals surface area contributed by atoms with Crippen LogP contribution in [0.15, 0.2) is 24.5 Å². The van der Waals surface area contributed by atoms with Crippen LogP contribution in [0.4, 0.5) is 0 Å². The summed E-state index contributed by atoms with van der Waals surface area (Å²) < 4.78 is 0.